The molecule has 0 aliphatic carbocycles. The first kappa shape index (κ1) is 19.8. The smallest absolute Gasteiger partial charge is 0.196 e. The topological polar surface area (TPSA) is 85.6 Å². The van der Waals surface area contributed by atoms with Crippen molar-refractivity contribution in [2.24, 2.45) is 4.99 Å². The number of aryl methyl sites for hydroxylation is 1. The highest BCUT2D eigenvalue weighted by atomic mass is 16.5. The number of ether oxygens (including phenoxy) is 2. The minimum atomic E-state index is 0.510. The molecule has 1 aliphatic rings. The van der Waals surface area contributed by atoms with Crippen molar-refractivity contribution in [1.82, 2.24) is 19.9 Å². The van der Waals surface area contributed by atoms with Crippen molar-refractivity contribution >= 4 is 11.6 Å². The quantitative estimate of drug-likeness (QED) is 0.499. The zero-order valence-electron chi connectivity index (χ0n) is 17.3. The maximum atomic E-state index is 5.77. The molecular weight excluding hydrogens is 380 g/mol. The Bertz CT molecular complexity index is 1010. The van der Waals surface area contributed by atoms with Gasteiger partial charge in [-0.1, -0.05) is 6.07 Å². The molecule has 0 atom stereocenters. The zero-order valence-corrected chi connectivity index (χ0v) is 17.3. The first-order chi connectivity index (χ1) is 14.7. The molecule has 2 N–H and O–H groups in total. The molecule has 2 aromatic heterocycles. The van der Waals surface area contributed by atoms with Crippen molar-refractivity contribution in [3.63, 3.8) is 0 Å². The van der Waals surface area contributed by atoms with Crippen molar-refractivity contribution < 1.29 is 9.47 Å². The number of fused-ring (bicyclic) bond motifs is 1. The van der Waals surface area contributed by atoms with E-state index in [2.05, 4.69) is 25.6 Å². The molecule has 0 bridgehead atoms. The Balaban J connectivity index is 1.45. The molecule has 8 nitrogen and oxygen atoms in total. The van der Waals surface area contributed by atoms with Gasteiger partial charge >= 0.3 is 0 Å². The van der Waals surface area contributed by atoms with E-state index in [0.29, 0.717) is 25.7 Å². The van der Waals surface area contributed by atoms with Crippen LogP contribution in [0.1, 0.15) is 24.7 Å². The van der Waals surface area contributed by atoms with E-state index in [4.69, 9.17) is 9.47 Å². The Morgan fingerprint density at radius 2 is 2.00 bits per heavy atom. The molecule has 1 aliphatic heterocycles. The van der Waals surface area contributed by atoms with Crippen LogP contribution in [0.25, 0.3) is 5.82 Å². The first-order valence-corrected chi connectivity index (χ1v) is 10.1. The summed E-state index contributed by atoms with van der Waals surface area (Å²) in [6, 6.07) is 9.83. The fourth-order valence-corrected chi connectivity index (χ4v) is 3.13. The number of anilines is 1. The van der Waals surface area contributed by atoms with Crippen molar-refractivity contribution in [1.29, 1.82) is 0 Å². The van der Waals surface area contributed by atoms with E-state index in [-0.39, 0.29) is 0 Å². The van der Waals surface area contributed by atoms with Crippen LogP contribution >= 0.6 is 0 Å². The van der Waals surface area contributed by atoms with Gasteiger partial charge in [0.05, 0.1) is 19.8 Å². The summed E-state index contributed by atoms with van der Waals surface area (Å²) in [6.45, 7) is 6.59. The molecule has 30 heavy (non-hydrogen) atoms. The van der Waals surface area contributed by atoms with Crippen LogP contribution in [0.5, 0.6) is 11.5 Å². The molecule has 4 rings (SSSR count). The number of benzene rings is 1. The van der Waals surface area contributed by atoms with Gasteiger partial charge in [-0.25, -0.2) is 15.0 Å². The minimum Gasteiger partial charge on any atom is -0.490 e. The second-order valence-electron chi connectivity index (χ2n) is 6.90. The number of imidazole rings is 1. The Labute approximate surface area is 176 Å². The van der Waals surface area contributed by atoms with Crippen LogP contribution in [0.15, 0.2) is 53.9 Å². The van der Waals surface area contributed by atoms with Crippen LogP contribution in [-0.2, 0) is 6.54 Å². The number of guanidine groups is 1. The van der Waals surface area contributed by atoms with Crippen LogP contribution in [-0.4, -0.2) is 40.3 Å². The zero-order chi connectivity index (χ0) is 20.8. The van der Waals surface area contributed by atoms with Crippen LogP contribution in [0.2, 0.25) is 0 Å². The van der Waals surface area contributed by atoms with Crippen LogP contribution in [0.4, 0.5) is 5.69 Å². The van der Waals surface area contributed by atoms with Gasteiger partial charge in [0.15, 0.2) is 17.5 Å². The number of aliphatic imine (C=N–C) groups is 1. The van der Waals surface area contributed by atoms with Crippen LogP contribution in [0, 0.1) is 6.92 Å². The third-order valence-corrected chi connectivity index (χ3v) is 4.66. The fourth-order valence-electron chi connectivity index (χ4n) is 3.13. The first-order valence-electron chi connectivity index (χ1n) is 10.1. The molecule has 156 valence electrons. The van der Waals surface area contributed by atoms with Gasteiger partial charge in [-0.2, -0.15) is 0 Å². The van der Waals surface area contributed by atoms with Gasteiger partial charge in [0.25, 0.3) is 0 Å². The maximum absolute atomic E-state index is 5.77. The number of rotatable bonds is 5. The van der Waals surface area contributed by atoms with Crippen molar-refractivity contribution in [2.75, 3.05) is 25.1 Å². The SMILES string of the molecule is CCNC(=NCc1ccc(-n2ccnc2C)nc1)Nc1ccc2c(c1)OCCCO2. The second-order valence-corrected chi connectivity index (χ2v) is 6.90. The lowest BCUT2D eigenvalue weighted by Crippen LogP contribution is -2.30. The molecule has 3 heterocycles. The highest BCUT2D eigenvalue weighted by Crippen LogP contribution is 2.32. The highest BCUT2D eigenvalue weighted by molar-refractivity contribution is 5.93. The van der Waals surface area contributed by atoms with Gasteiger partial charge < -0.3 is 20.1 Å². The predicted molar refractivity (Wildman–Crippen MR) is 117 cm³/mol. The van der Waals surface area contributed by atoms with Crippen LogP contribution in [0.3, 0.4) is 0 Å². The summed E-state index contributed by atoms with van der Waals surface area (Å²) in [5.74, 6) is 3.97. The van der Waals surface area contributed by atoms with Crippen molar-refractivity contribution in [2.45, 2.75) is 26.8 Å². The third-order valence-electron chi connectivity index (χ3n) is 4.66. The summed E-state index contributed by atoms with van der Waals surface area (Å²) in [6.07, 6.45) is 6.39. The van der Waals surface area contributed by atoms with Gasteiger partial charge in [0.2, 0.25) is 0 Å². The summed E-state index contributed by atoms with van der Waals surface area (Å²) >= 11 is 0. The number of aromatic nitrogens is 3. The molecule has 0 saturated heterocycles. The Kier molecular flexibility index (Phi) is 6.12. The van der Waals surface area contributed by atoms with E-state index in [1.165, 1.54) is 0 Å². The maximum Gasteiger partial charge on any atom is 0.196 e. The van der Waals surface area contributed by atoms with Crippen molar-refractivity contribution in [3.8, 4) is 17.3 Å². The Hall–Kier alpha value is -3.55. The molecule has 0 amide bonds. The van der Waals surface area contributed by atoms with Gasteiger partial charge in [-0.05, 0) is 37.6 Å². The van der Waals surface area contributed by atoms with Gasteiger partial charge in [-0.3, -0.25) is 4.57 Å². The number of nitrogens with one attached hydrogen (secondary N) is 2. The monoisotopic (exact) mass is 406 g/mol. The van der Waals surface area contributed by atoms with E-state index in [1.807, 2.05) is 61.1 Å². The summed E-state index contributed by atoms with van der Waals surface area (Å²) in [5.41, 5.74) is 1.91. The van der Waals surface area contributed by atoms with E-state index in [9.17, 15) is 0 Å². The lowest BCUT2D eigenvalue weighted by atomic mass is 10.2. The van der Waals surface area contributed by atoms with E-state index in [1.54, 1.807) is 6.20 Å². The molecular formula is C22H26N6O2. The molecule has 0 radical (unpaired) electrons. The van der Waals surface area contributed by atoms with Crippen molar-refractivity contribution in [3.05, 3.63) is 60.3 Å². The summed E-state index contributed by atoms with van der Waals surface area (Å²) in [4.78, 5) is 13.4. The lowest BCUT2D eigenvalue weighted by molar-refractivity contribution is 0.297. The predicted octanol–water partition coefficient (Wildman–Crippen LogP) is 3.31. The highest BCUT2D eigenvalue weighted by Gasteiger charge is 2.11. The number of hydrogen-bond acceptors (Lipinski definition) is 5. The lowest BCUT2D eigenvalue weighted by Gasteiger charge is -2.14. The summed E-state index contributed by atoms with van der Waals surface area (Å²) in [5, 5.41) is 6.60. The number of pyridine rings is 1. The summed E-state index contributed by atoms with van der Waals surface area (Å²) < 4.78 is 13.4. The van der Waals surface area contributed by atoms with E-state index >= 15 is 0 Å². The van der Waals surface area contributed by atoms with Gasteiger partial charge in [0.1, 0.15) is 11.6 Å². The molecule has 8 heteroatoms. The standard InChI is InChI=1S/C22H26N6O2/c1-3-23-22(27-18-6-7-19-20(13-18)30-12-4-11-29-19)26-15-17-5-8-21(25-14-17)28-10-9-24-16(28)2/h5-10,13-14H,3-4,11-12,15H2,1-2H3,(H2,23,26,27). The van der Waals surface area contributed by atoms with Crippen LogP contribution < -0.4 is 20.1 Å². The number of nitrogens with zero attached hydrogens (tertiary/aromatic N) is 4. The van der Waals surface area contributed by atoms with E-state index in [0.717, 1.165) is 47.4 Å². The second kappa shape index (κ2) is 9.30. The average molecular weight is 406 g/mol. The fraction of sp³-hybridized carbons (Fsp3) is 0.318. The largest absolute Gasteiger partial charge is 0.490 e. The average Bonchev–Trinajstić information content (AvgIpc) is 3.05. The molecule has 1 aromatic carbocycles. The van der Waals surface area contributed by atoms with Gasteiger partial charge in [0, 0.05) is 43.3 Å². The number of hydrogen-bond donors (Lipinski definition) is 2. The van der Waals surface area contributed by atoms with E-state index < -0.39 is 0 Å². The third kappa shape index (κ3) is 4.71. The summed E-state index contributed by atoms with van der Waals surface area (Å²) in [7, 11) is 0. The molecule has 0 saturated carbocycles. The minimum absolute atomic E-state index is 0.510. The molecule has 0 unspecified atom stereocenters. The Morgan fingerprint density at radius 1 is 1.13 bits per heavy atom. The molecule has 0 spiro atoms. The Morgan fingerprint density at radius 3 is 2.73 bits per heavy atom. The molecule has 3 aromatic rings. The van der Waals surface area contributed by atoms with Gasteiger partial charge in [-0.15, -0.1) is 0 Å². The molecule has 0 fully saturated rings. The normalized spacial score (nSPS) is 13.6.